The van der Waals surface area contributed by atoms with Crippen LogP contribution >= 0.6 is 0 Å². The van der Waals surface area contributed by atoms with Gasteiger partial charge >= 0.3 is 0 Å². The van der Waals surface area contributed by atoms with Gasteiger partial charge in [-0.15, -0.1) is 0 Å². The summed E-state index contributed by atoms with van der Waals surface area (Å²) in [5, 5.41) is 27.1. The van der Waals surface area contributed by atoms with E-state index >= 15 is 0 Å². The molecule has 2 unspecified atom stereocenters. The van der Waals surface area contributed by atoms with Crippen LogP contribution in [0.15, 0.2) is 24.3 Å². The van der Waals surface area contributed by atoms with Crippen LogP contribution < -0.4 is 4.90 Å². The number of hydrogen-bond acceptors (Lipinski definition) is 4. The molecule has 1 aromatic carbocycles. The lowest BCUT2D eigenvalue weighted by Crippen LogP contribution is -2.16. The van der Waals surface area contributed by atoms with Gasteiger partial charge in [-0.2, -0.15) is 5.26 Å². The van der Waals surface area contributed by atoms with Gasteiger partial charge in [0.1, 0.15) is 6.10 Å². The van der Waals surface area contributed by atoms with Crippen molar-refractivity contribution in [3.05, 3.63) is 29.8 Å². The minimum Gasteiger partial charge on any atom is -0.385 e. The molecule has 1 rings (SSSR count). The Morgan fingerprint density at radius 2 is 1.73 bits per heavy atom. The second-order valence-corrected chi connectivity index (χ2v) is 3.50. The molecule has 0 radical (unpaired) electrons. The first-order valence-corrected chi connectivity index (χ1v) is 4.59. The number of aliphatic hydroxyl groups is 2. The normalized spacial score (nSPS) is 14.1. The summed E-state index contributed by atoms with van der Waals surface area (Å²) < 4.78 is 0. The first kappa shape index (κ1) is 11.5. The summed E-state index contributed by atoms with van der Waals surface area (Å²) in [6.07, 6.45) is -2.53. The van der Waals surface area contributed by atoms with Crippen LogP contribution in [0.5, 0.6) is 0 Å². The summed E-state index contributed by atoms with van der Waals surface area (Å²) >= 11 is 0. The van der Waals surface area contributed by atoms with Gasteiger partial charge in [0.05, 0.1) is 6.07 Å². The van der Waals surface area contributed by atoms with Crippen molar-refractivity contribution in [1.29, 1.82) is 5.26 Å². The molecule has 0 aliphatic carbocycles. The fourth-order valence-electron chi connectivity index (χ4n) is 1.22. The molecule has 0 spiro atoms. The molecular formula is C11H14N2O2. The summed E-state index contributed by atoms with van der Waals surface area (Å²) in [7, 11) is 3.82. The molecule has 0 aliphatic rings. The molecule has 0 aliphatic heterocycles. The number of nitrogens with zero attached hydrogens (tertiary/aromatic N) is 2. The van der Waals surface area contributed by atoms with E-state index in [-0.39, 0.29) is 0 Å². The monoisotopic (exact) mass is 206 g/mol. The SMILES string of the molecule is CN(C)c1ccc(C(O)C(O)C#N)cc1. The van der Waals surface area contributed by atoms with Gasteiger partial charge < -0.3 is 15.1 Å². The van der Waals surface area contributed by atoms with Crippen molar-refractivity contribution in [2.75, 3.05) is 19.0 Å². The molecular weight excluding hydrogens is 192 g/mol. The Balaban J connectivity index is 2.85. The van der Waals surface area contributed by atoms with E-state index in [1.165, 1.54) is 0 Å². The topological polar surface area (TPSA) is 67.5 Å². The van der Waals surface area contributed by atoms with Gasteiger partial charge in [-0.05, 0) is 17.7 Å². The van der Waals surface area contributed by atoms with Crippen LogP contribution in [-0.2, 0) is 0 Å². The van der Waals surface area contributed by atoms with E-state index < -0.39 is 12.2 Å². The van der Waals surface area contributed by atoms with Crippen LogP contribution in [-0.4, -0.2) is 30.4 Å². The number of anilines is 1. The van der Waals surface area contributed by atoms with E-state index in [1.807, 2.05) is 31.1 Å². The molecule has 80 valence electrons. The van der Waals surface area contributed by atoms with Crippen LogP contribution in [0.4, 0.5) is 5.69 Å². The molecule has 0 fully saturated rings. The van der Waals surface area contributed by atoms with Crippen molar-refractivity contribution >= 4 is 5.69 Å². The van der Waals surface area contributed by atoms with Gasteiger partial charge in [0.2, 0.25) is 0 Å². The van der Waals surface area contributed by atoms with Crippen LogP contribution in [0.25, 0.3) is 0 Å². The van der Waals surface area contributed by atoms with Crippen LogP contribution in [0.3, 0.4) is 0 Å². The molecule has 0 amide bonds. The molecule has 0 saturated carbocycles. The minimum atomic E-state index is -1.38. The van der Waals surface area contributed by atoms with Gasteiger partial charge in [0.15, 0.2) is 6.10 Å². The van der Waals surface area contributed by atoms with E-state index in [9.17, 15) is 5.11 Å². The predicted octanol–water partition coefficient (Wildman–Crippen LogP) is 0.670. The number of aliphatic hydroxyl groups excluding tert-OH is 2. The summed E-state index contributed by atoms with van der Waals surface area (Å²) in [6, 6.07) is 8.63. The lowest BCUT2D eigenvalue weighted by Gasteiger charge is -2.15. The third kappa shape index (κ3) is 2.69. The Kier molecular flexibility index (Phi) is 3.67. The highest BCUT2D eigenvalue weighted by atomic mass is 16.3. The van der Waals surface area contributed by atoms with Crippen molar-refractivity contribution < 1.29 is 10.2 Å². The summed E-state index contributed by atoms with van der Waals surface area (Å²) in [6.45, 7) is 0. The zero-order chi connectivity index (χ0) is 11.4. The second kappa shape index (κ2) is 4.78. The molecule has 0 bridgehead atoms. The third-order valence-electron chi connectivity index (χ3n) is 2.18. The Morgan fingerprint density at radius 1 is 1.20 bits per heavy atom. The third-order valence-corrected chi connectivity index (χ3v) is 2.18. The highest BCUT2D eigenvalue weighted by molar-refractivity contribution is 5.46. The maximum atomic E-state index is 9.53. The van der Waals surface area contributed by atoms with Crippen molar-refractivity contribution in [2.45, 2.75) is 12.2 Å². The maximum absolute atomic E-state index is 9.53. The zero-order valence-corrected chi connectivity index (χ0v) is 8.75. The summed E-state index contributed by atoms with van der Waals surface area (Å²) in [4.78, 5) is 1.93. The van der Waals surface area contributed by atoms with Gasteiger partial charge in [0.25, 0.3) is 0 Å². The highest BCUT2D eigenvalue weighted by Gasteiger charge is 2.17. The van der Waals surface area contributed by atoms with Gasteiger partial charge in [0, 0.05) is 19.8 Å². The lowest BCUT2D eigenvalue weighted by atomic mass is 10.0. The van der Waals surface area contributed by atoms with E-state index in [0.29, 0.717) is 5.56 Å². The fraction of sp³-hybridized carbons (Fsp3) is 0.364. The summed E-state index contributed by atoms with van der Waals surface area (Å²) in [5.74, 6) is 0. The predicted molar refractivity (Wildman–Crippen MR) is 57.3 cm³/mol. The molecule has 2 N–H and O–H groups in total. The average Bonchev–Trinajstić information content (AvgIpc) is 2.27. The van der Waals surface area contributed by atoms with Crippen LogP contribution in [0.2, 0.25) is 0 Å². The molecule has 0 aromatic heterocycles. The van der Waals surface area contributed by atoms with Gasteiger partial charge in [-0.25, -0.2) is 0 Å². The molecule has 2 atom stereocenters. The molecule has 1 aromatic rings. The average molecular weight is 206 g/mol. The van der Waals surface area contributed by atoms with Crippen molar-refractivity contribution in [1.82, 2.24) is 0 Å². The standard InChI is InChI=1S/C11H14N2O2/c1-13(2)9-5-3-8(4-6-9)11(15)10(14)7-12/h3-6,10-11,14-15H,1-2H3. The molecule has 0 saturated heterocycles. The number of hydrogen-bond donors (Lipinski definition) is 2. The Labute approximate surface area is 89.0 Å². The lowest BCUT2D eigenvalue weighted by molar-refractivity contribution is 0.0528. The number of nitriles is 1. The Morgan fingerprint density at radius 3 is 2.13 bits per heavy atom. The van der Waals surface area contributed by atoms with E-state index in [1.54, 1.807) is 18.2 Å². The Bertz CT molecular complexity index is 354. The fourth-order valence-corrected chi connectivity index (χ4v) is 1.22. The van der Waals surface area contributed by atoms with Crippen LogP contribution in [0, 0.1) is 11.3 Å². The number of rotatable bonds is 3. The van der Waals surface area contributed by atoms with Crippen molar-refractivity contribution in [3.8, 4) is 6.07 Å². The molecule has 15 heavy (non-hydrogen) atoms. The minimum absolute atomic E-state index is 0.537. The largest absolute Gasteiger partial charge is 0.385 e. The highest BCUT2D eigenvalue weighted by Crippen LogP contribution is 2.19. The first-order chi connectivity index (χ1) is 7.06. The molecule has 4 heteroatoms. The zero-order valence-electron chi connectivity index (χ0n) is 8.75. The van der Waals surface area contributed by atoms with E-state index in [2.05, 4.69) is 0 Å². The smallest absolute Gasteiger partial charge is 0.170 e. The van der Waals surface area contributed by atoms with Crippen molar-refractivity contribution in [3.63, 3.8) is 0 Å². The maximum Gasteiger partial charge on any atom is 0.170 e. The molecule has 4 nitrogen and oxygen atoms in total. The second-order valence-electron chi connectivity index (χ2n) is 3.50. The quantitative estimate of drug-likeness (QED) is 0.713. The summed E-state index contributed by atoms with van der Waals surface area (Å²) in [5.41, 5.74) is 1.53. The van der Waals surface area contributed by atoms with Crippen molar-refractivity contribution in [2.24, 2.45) is 0 Å². The van der Waals surface area contributed by atoms with E-state index in [0.717, 1.165) is 5.69 Å². The van der Waals surface area contributed by atoms with Gasteiger partial charge in [-0.3, -0.25) is 0 Å². The number of benzene rings is 1. The first-order valence-electron chi connectivity index (χ1n) is 4.59. The van der Waals surface area contributed by atoms with Crippen LogP contribution in [0.1, 0.15) is 11.7 Å². The van der Waals surface area contributed by atoms with E-state index in [4.69, 9.17) is 10.4 Å². The Hall–Kier alpha value is -1.57. The molecule has 0 heterocycles. The van der Waals surface area contributed by atoms with Gasteiger partial charge in [-0.1, -0.05) is 12.1 Å².